The van der Waals surface area contributed by atoms with Crippen LogP contribution in [0.5, 0.6) is 0 Å². The van der Waals surface area contributed by atoms with Gasteiger partial charge in [0.05, 0.1) is 11.9 Å². The van der Waals surface area contributed by atoms with Crippen LogP contribution in [0.3, 0.4) is 0 Å². The van der Waals surface area contributed by atoms with Gasteiger partial charge >= 0.3 is 6.09 Å². The number of ether oxygens (including phenoxy) is 1. The van der Waals surface area contributed by atoms with Gasteiger partial charge in [-0.1, -0.05) is 18.5 Å². The van der Waals surface area contributed by atoms with E-state index in [1.165, 1.54) is 6.07 Å². The predicted octanol–water partition coefficient (Wildman–Crippen LogP) is 4.62. The first-order valence-electron chi connectivity index (χ1n) is 8.99. The van der Waals surface area contributed by atoms with Crippen molar-refractivity contribution in [3.05, 3.63) is 35.0 Å². The largest absolute Gasteiger partial charge is 0.444 e. The van der Waals surface area contributed by atoms with E-state index in [2.05, 4.69) is 21.9 Å². The molecular weight excluding hydrogens is 371 g/mol. The second kappa shape index (κ2) is 7.46. The third-order valence-corrected chi connectivity index (χ3v) is 4.87. The minimum absolute atomic E-state index is 0.137. The minimum atomic E-state index is -0.513. The van der Waals surface area contributed by atoms with Crippen LogP contribution < -0.4 is 0 Å². The summed E-state index contributed by atoms with van der Waals surface area (Å²) in [4.78, 5) is 25.7. The number of aromatic nitrogens is 3. The van der Waals surface area contributed by atoms with Crippen molar-refractivity contribution in [1.29, 1.82) is 0 Å². The van der Waals surface area contributed by atoms with Crippen LogP contribution in [-0.4, -0.2) is 44.6 Å². The Labute approximate surface area is 163 Å². The molecule has 0 aromatic carbocycles. The van der Waals surface area contributed by atoms with Gasteiger partial charge in [0.15, 0.2) is 11.0 Å². The molecule has 2 aromatic heterocycles. The summed E-state index contributed by atoms with van der Waals surface area (Å²) in [5, 5.41) is 0.388. The quantitative estimate of drug-likeness (QED) is 0.806. The minimum Gasteiger partial charge on any atom is -0.444 e. The number of nitrogens with one attached hydrogen (secondary N) is 1. The fourth-order valence-corrected chi connectivity index (χ4v) is 3.59. The Bertz CT molecular complexity index is 816. The standard InChI is InChI=1S/C19H24ClFN4O2/c1-11-10-25(18(26)27-19(2,3)4)8-7-13(11)15-16(20)24-17(23-15)14-6-5-12(21)9-22-14/h5-6,9,11,13H,7-8,10H2,1-4H3,(H,23,24). The van der Waals surface area contributed by atoms with Crippen LogP contribution in [0, 0.1) is 11.7 Å². The highest BCUT2D eigenvalue weighted by Gasteiger charge is 2.34. The van der Waals surface area contributed by atoms with E-state index in [1.807, 2.05) is 20.8 Å². The van der Waals surface area contributed by atoms with Gasteiger partial charge in [-0.2, -0.15) is 0 Å². The first kappa shape index (κ1) is 19.6. The summed E-state index contributed by atoms with van der Waals surface area (Å²) in [6, 6.07) is 2.89. The summed E-state index contributed by atoms with van der Waals surface area (Å²) in [6.45, 7) is 8.82. The average Bonchev–Trinajstić information content (AvgIpc) is 2.95. The van der Waals surface area contributed by atoms with Gasteiger partial charge in [0.2, 0.25) is 0 Å². The summed E-state index contributed by atoms with van der Waals surface area (Å²) in [6.07, 6.45) is 1.60. The summed E-state index contributed by atoms with van der Waals surface area (Å²) in [5.74, 6) is 0.424. The predicted molar refractivity (Wildman–Crippen MR) is 101 cm³/mol. The van der Waals surface area contributed by atoms with E-state index in [9.17, 15) is 9.18 Å². The zero-order valence-corrected chi connectivity index (χ0v) is 16.7. The highest BCUT2D eigenvalue weighted by molar-refractivity contribution is 6.30. The Kier molecular flexibility index (Phi) is 5.42. The number of piperidine rings is 1. The molecule has 0 radical (unpaired) electrons. The monoisotopic (exact) mass is 394 g/mol. The lowest BCUT2D eigenvalue weighted by molar-refractivity contribution is 0.0154. The van der Waals surface area contributed by atoms with Crippen molar-refractivity contribution < 1.29 is 13.9 Å². The van der Waals surface area contributed by atoms with Crippen molar-refractivity contribution >= 4 is 17.7 Å². The maximum Gasteiger partial charge on any atom is 0.410 e. The van der Waals surface area contributed by atoms with Gasteiger partial charge in [0.25, 0.3) is 0 Å². The van der Waals surface area contributed by atoms with E-state index in [-0.39, 0.29) is 17.9 Å². The molecule has 0 saturated carbocycles. The van der Waals surface area contributed by atoms with E-state index < -0.39 is 11.4 Å². The molecule has 2 unspecified atom stereocenters. The molecule has 1 saturated heterocycles. The van der Waals surface area contributed by atoms with E-state index in [0.29, 0.717) is 29.8 Å². The molecule has 146 valence electrons. The molecule has 1 amide bonds. The zero-order chi connectivity index (χ0) is 19.8. The van der Waals surface area contributed by atoms with Crippen molar-refractivity contribution in [3.63, 3.8) is 0 Å². The van der Waals surface area contributed by atoms with E-state index in [0.717, 1.165) is 18.3 Å². The lowest BCUT2D eigenvalue weighted by Gasteiger charge is -2.37. The van der Waals surface area contributed by atoms with Crippen LogP contribution in [0.25, 0.3) is 11.5 Å². The van der Waals surface area contributed by atoms with Crippen molar-refractivity contribution in [1.82, 2.24) is 19.9 Å². The molecule has 2 atom stereocenters. The maximum atomic E-state index is 13.1. The van der Waals surface area contributed by atoms with Crippen LogP contribution in [0.4, 0.5) is 9.18 Å². The molecular formula is C19H24ClFN4O2. The smallest absolute Gasteiger partial charge is 0.410 e. The number of pyridine rings is 1. The van der Waals surface area contributed by atoms with Crippen molar-refractivity contribution in [3.8, 4) is 11.5 Å². The lowest BCUT2D eigenvalue weighted by atomic mass is 9.85. The van der Waals surface area contributed by atoms with Gasteiger partial charge < -0.3 is 14.6 Å². The normalized spacial score (nSPS) is 20.6. The summed E-state index contributed by atoms with van der Waals surface area (Å²) in [7, 11) is 0. The number of H-pyrrole nitrogens is 1. The molecule has 27 heavy (non-hydrogen) atoms. The third-order valence-electron chi connectivity index (χ3n) is 4.58. The van der Waals surface area contributed by atoms with Gasteiger partial charge in [-0.05, 0) is 45.2 Å². The molecule has 6 nitrogen and oxygen atoms in total. The summed E-state index contributed by atoms with van der Waals surface area (Å²) < 4.78 is 18.5. The molecule has 0 bridgehead atoms. The Morgan fingerprint density at radius 1 is 1.41 bits per heavy atom. The third kappa shape index (κ3) is 4.58. The Morgan fingerprint density at radius 3 is 2.74 bits per heavy atom. The number of likely N-dealkylation sites (tertiary alicyclic amines) is 1. The number of carbonyl (C=O) groups excluding carboxylic acids is 1. The molecule has 1 N–H and O–H groups in total. The number of hydrogen-bond donors (Lipinski definition) is 1. The molecule has 2 aromatic rings. The van der Waals surface area contributed by atoms with Crippen LogP contribution in [0.15, 0.2) is 18.3 Å². The van der Waals surface area contributed by atoms with Gasteiger partial charge in [0, 0.05) is 19.0 Å². The molecule has 8 heteroatoms. The maximum absolute atomic E-state index is 13.1. The molecule has 0 spiro atoms. The van der Waals surface area contributed by atoms with Gasteiger partial charge in [-0.3, -0.25) is 0 Å². The number of aromatic amines is 1. The number of imidazole rings is 1. The van der Waals surface area contributed by atoms with Crippen molar-refractivity contribution in [2.45, 2.75) is 45.6 Å². The molecule has 3 heterocycles. The highest BCUT2D eigenvalue weighted by atomic mass is 35.5. The lowest BCUT2D eigenvalue weighted by Crippen LogP contribution is -2.44. The second-order valence-corrected chi connectivity index (χ2v) is 8.31. The molecule has 3 rings (SSSR count). The second-order valence-electron chi connectivity index (χ2n) is 7.95. The molecule has 1 aliphatic heterocycles. The SMILES string of the molecule is CC1CN(C(=O)OC(C)(C)C)CCC1c1[nH]c(-c2ccc(F)cn2)nc1Cl. The number of hydrogen-bond acceptors (Lipinski definition) is 4. The Balaban J connectivity index is 1.73. The number of nitrogens with zero attached hydrogens (tertiary/aromatic N) is 3. The number of carbonyl (C=O) groups is 1. The van der Waals surface area contributed by atoms with Gasteiger partial charge in [-0.15, -0.1) is 0 Å². The van der Waals surface area contributed by atoms with E-state index >= 15 is 0 Å². The molecule has 1 aliphatic rings. The van der Waals surface area contributed by atoms with Crippen molar-refractivity contribution in [2.75, 3.05) is 13.1 Å². The number of amides is 1. The van der Waals surface area contributed by atoms with Crippen LogP contribution in [-0.2, 0) is 4.74 Å². The number of halogens is 2. The van der Waals surface area contributed by atoms with Gasteiger partial charge in [-0.25, -0.2) is 19.2 Å². The van der Waals surface area contributed by atoms with Crippen LogP contribution in [0.2, 0.25) is 5.15 Å². The topological polar surface area (TPSA) is 71.1 Å². The van der Waals surface area contributed by atoms with Crippen molar-refractivity contribution in [2.24, 2.45) is 5.92 Å². The first-order valence-corrected chi connectivity index (χ1v) is 9.37. The fraction of sp³-hybridized carbons (Fsp3) is 0.526. The van der Waals surface area contributed by atoms with Crippen LogP contribution >= 0.6 is 11.6 Å². The van der Waals surface area contributed by atoms with E-state index in [4.69, 9.17) is 16.3 Å². The summed E-state index contributed by atoms with van der Waals surface area (Å²) in [5.41, 5.74) is 0.846. The average molecular weight is 395 g/mol. The highest BCUT2D eigenvalue weighted by Crippen LogP contribution is 2.36. The van der Waals surface area contributed by atoms with Crippen LogP contribution in [0.1, 0.15) is 45.7 Å². The fourth-order valence-electron chi connectivity index (χ4n) is 3.32. The van der Waals surface area contributed by atoms with E-state index in [1.54, 1.807) is 11.0 Å². The molecule has 1 fully saturated rings. The molecule has 0 aliphatic carbocycles. The van der Waals surface area contributed by atoms with Gasteiger partial charge in [0.1, 0.15) is 17.1 Å². The number of rotatable bonds is 2. The first-order chi connectivity index (χ1) is 12.6. The zero-order valence-electron chi connectivity index (χ0n) is 15.9. The summed E-state index contributed by atoms with van der Waals surface area (Å²) >= 11 is 6.36. The Morgan fingerprint density at radius 2 is 2.15 bits per heavy atom. The Hall–Kier alpha value is -2.15.